The first-order valence-electron chi connectivity index (χ1n) is 5.52. The van der Waals surface area contributed by atoms with E-state index in [-0.39, 0.29) is 30.4 Å². The Balaban J connectivity index is 2.71. The van der Waals surface area contributed by atoms with Gasteiger partial charge in [-0.3, -0.25) is 4.79 Å². The van der Waals surface area contributed by atoms with Crippen molar-refractivity contribution in [3.63, 3.8) is 0 Å². The number of carbonyl (C=O) groups is 2. The third-order valence-corrected chi connectivity index (χ3v) is 2.80. The van der Waals surface area contributed by atoms with E-state index in [2.05, 4.69) is 15.0 Å². The lowest BCUT2D eigenvalue weighted by atomic mass is 10.3. The zero-order chi connectivity index (χ0) is 13.5. The SMILES string of the molecule is CCNC(=O)CNc1snc(N)c1C(=O)OCC. The number of amides is 1. The largest absolute Gasteiger partial charge is 0.462 e. The summed E-state index contributed by atoms with van der Waals surface area (Å²) < 4.78 is 8.74. The number of anilines is 2. The first kappa shape index (κ1) is 14.2. The Hall–Kier alpha value is -1.83. The second-order valence-corrected chi connectivity index (χ2v) is 4.07. The van der Waals surface area contributed by atoms with Gasteiger partial charge in [-0.15, -0.1) is 0 Å². The van der Waals surface area contributed by atoms with Crippen LogP contribution in [0.5, 0.6) is 0 Å². The number of nitrogens with zero attached hydrogens (tertiary/aromatic N) is 1. The number of likely N-dealkylation sites (N-methyl/N-ethyl adjacent to an activating group) is 1. The van der Waals surface area contributed by atoms with Crippen LogP contribution in [0.1, 0.15) is 24.2 Å². The van der Waals surface area contributed by atoms with Crippen LogP contribution in [0.25, 0.3) is 0 Å². The predicted molar refractivity (Wildman–Crippen MR) is 69.7 cm³/mol. The maximum absolute atomic E-state index is 11.6. The van der Waals surface area contributed by atoms with E-state index >= 15 is 0 Å². The predicted octanol–water partition coefficient (Wildman–Crippen LogP) is 0.450. The molecule has 0 fully saturated rings. The van der Waals surface area contributed by atoms with E-state index in [1.807, 2.05) is 6.92 Å². The Morgan fingerprint density at radius 1 is 1.44 bits per heavy atom. The molecule has 1 aromatic heterocycles. The van der Waals surface area contributed by atoms with Crippen molar-refractivity contribution in [2.24, 2.45) is 0 Å². The first-order chi connectivity index (χ1) is 8.60. The van der Waals surface area contributed by atoms with Crippen LogP contribution < -0.4 is 16.4 Å². The molecule has 0 atom stereocenters. The smallest absolute Gasteiger partial charge is 0.344 e. The number of nitrogens with one attached hydrogen (secondary N) is 2. The Morgan fingerprint density at radius 2 is 2.17 bits per heavy atom. The van der Waals surface area contributed by atoms with Crippen molar-refractivity contribution in [3.8, 4) is 0 Å². The number of esters is 1. The van der Waals surface area contributed by atoms with Gasteiger partial charge in [0.15, 0.2) is 5.82 Å². The summed E-state index contributed by atoms with van der Waals surface area (Å²) in [4.78, 5) is 22.9. The Bertz CT molecular complexity index is 433. The van der Waals surface area contributed by atoms with Gasteiger partial charge in [0.2, 0.25) is 5.91 Å². The lowest BCUT2D eigenvalue weighted by Gasteiger charge is -2.06. The molecule has 0 aliphatic heterocycles. The standard InChI is InChI=1S/C10H16N4O3S/c1-3-12-6(15)5-13-9-7(8(11)14-18-9)10(16)17-4-2/h13H,3-5H2,1-2H3,(H2,11,14)(H,12,15). The molecule has 1 heterocycles. The number of rotatable bonds is 6. The molecule has 0 saturated carbocycles. The minimum Gasteiger partial charge on any atom is -0.462 e. The number of carbonyl (C=O) groups excluding carboxylic acids is 2. The van der Waals surface area contributed by atoms with Gasteiger partial charge in [0, 0.05) is 6.54 Å². The molecule has 1 aromatic rings. The summed E-state index contributed by atoms with van der Waals surface area (Å²) in [5.41, 5.74) is 5.78. The summed E-state index contributed by atoms with van der Waals surface area (Å²) in [6.07, 6.45) is 0. The fourth-order valence-corrected chi connectivity index (χ4v) is 1.94. The average molecular weight is 272 g/mol. The monoisotopic (exact) mass is 272 g/mol. The molecule has 18 heavy (non-hydrogen) atoms. The van der Waals surface area contributed by atoms with E-state index in [1.165, 1.54) is 0 Å². The summed E-state index contributed by atoms with van der Waals surface area (Å²) in [7, 11) is 0. The summed E-state index contributed by atoms with van der Waals surface area (Å²) in [6, 6.07) is 0. The molecule has 0 saturated heterocycles. The Labute approximate surface area is 109 Å². The molecule has 0 radical (unpaired) electrons. The lowest BCUT2D eigenvalue weighted by molar-refractivity contribution is -0.119. The molecule has 8 heteroatoms. The molecule has 0 aliphatic rings. The van der Waals surface area contributed by atoms with Gasteiger partial charge in [-0.2, -0.15) is 4.37 Å². The number of hydrogen-bond donors (Lipinski definition) is 3. The Kier molecular flexibility index (Phi) is 5.37. The molecule has 100 valence electrons. The topological polar surface area (TPSA) is 106 Å². The van der Waals surface area contributed by atoms with Gasteiger partial charge in [0.25, 0.3) is 0 Å². The summed E-state index contributed by atoms with van der Waals surface area (Å²) >= 11 is 1.02. The van der Waals surface area contributed by atoms with Gasteiger partial charge >= 0.3 is 5.97 Å². The fraction of sp³-hybridized carbons (Fsp3) is 0.500. The highest BCUT2D eigenvalue weighted by molar-refractivity contribution is 7.11. The Morgan fingerprint density at radius 3 is 2.78 bits per heavy atom. The average Bonchev–Trinajstić information content (AvgIpc) is 2.68. The van der Waals surface area contributed by atoms with E-state index < -0.39 is 5.97 Å². The second-order valence-electron chi connectivity index (χ2n) is 3.30. The normalized spacial score (nSPS) is 9.89. The lowest BCUT2D eigenvalue weighted by Crippen LogP contribution is -2.29. The van der Waals surface area contributed by atoms with E-state index in [9.17, 15) is 9.59 Å². The van der Waals surface area contributed by atoms with Crippen LogP contribution in [0.15, 0.2) is 0 Å². The second kappa shape index (κ2) is 6.80. The van der Waals surface area contributed by atoms with E-state index in [0.717, 1.165) is 11.5 Å². The third-order valence-electron chi connectivity index (χ3n) is 1.98. The van der Waals surface area contributed by atoms with E-state index in [4.69, 9.17) is 10.5 Å². The van der Waals surface area contributed by atoms with E-state index in [0.29, 0.717) is 11.5 Å². The highest BCUT2D eigenvalue weighted by Gasteiger charge is 2.20. The van der Waals surface area contributed by atoms with Crippen LogP contribution in [0, 0.1) is 0 Å². The summed E-state index contributed by atoms with van der Waals surface area (Å²) in [5, 5.41) is 5.89. The van der Waals surface area contributed by atoms with Crippen LogP contribution in [0.2, 0.25) is 0 Å². The number of ether oxygens (including phenoxy) is 1. The molecule has 0 aromatic carbocycles. The molecule has 0 spiro atoms. The van der Waals surface area contributed by atoms with Crippen molar-refractivity contribution in [1.82, 2.24) is 9.69 Å². The van der Waals surface area contributed by atoms with Gasteiger partial charge in [-0.1, -0.05) is 0 Å². The zero-order valence-electron chi connectivity index (χ0n) is 10.3. The molecule has 7 nitrogen and oxygen atoms in total. The van der Waals surface area contributed by atoms with Crippen molar-refractivity contribution in [2.75, 3.05) is 30.7 Å². The first-order valence-corrected chi connectivity index (χ1v) is 6.30. The summed E-state index contributed by atoms with van der Waals surface area (Å²) in [5.74, 6) is -0.599. The minimum absolute atomic E-state index is 0.0574. The molecule has 0 bridgehead atoms. The maximum atomic E-state index is 11.6. The van der Waals surface area contributed by atoms with Crippen LogP contribution in [0.4, 0.5) is 10.8 Å². The molecule has 1 amide bonds. The highest BCUT2D eigenvalue weighted by Crippen LogP contribution is 2.27. The van der Waals surface area contributed by atoms with Crippen molar-refractivity contribution >= 4 is 34.2 Å². The van der Waals surface area contributed by atoms with Crippen molar-refractivity contribution in [3.05, 3.63) is 5.56 Å². The van der Waals surface area contributed by atoms with Crippen molar-refractivity contribution in [1.29, 1.82) is 0 Å². The molecule has 0 unspecified atom stereocenters. The number of aromatic nitrogens is 1. The van der Waals surface area contributed by atoms with Gasteiger partial charge < -0.3 is 21.1 Å². The van der Waals surface area contributed by atoms with Gasteiger partial charge in [0.05, 0.1) is 13.2 Å². The van der Waals surface area contributed by atoms with Crippen molar-refractivity contribution < 1.29 is 14.3 Å². The molecular formula is C10H16N4O3S. The number of hydrogen-bond acceptors (Lipinski definition) is 7. The number of nitrogens with two attached hydrogens (primary N) is 1. The van der Waals surface area contributed by atoms with Gasteiger partial charge in [-0.05, 0) is 25.4 Å². The van der Waals surface area contributed by atoms with Crippen LogP contribution in [0.3, 0.4) is 0 Å². The van der Waals surface area contributed by atoms with Crippen LogP contribution in [-0.4, -0.2) is 35.9 Å². The quantitative estimate of drug-likeness (QED) is 0.649. The summed E-state index contributed by atoms with van der Waals surface area (Å²) in [6.45, 7) is 4.39. The number of nitrogen functional groups attached to an aromatic ring is 1. The minimum atomic E-state index is -0.540. The molecule has 4 N–H and O–H groups in total. The fourth-order valence-electron chi connectivity index (χ4n) is 1.24. The van der Waals surface area contributed by atoms with Crippen LogP contribution in [-0.2, 0) is 9.53 Å². The highest BCUT2D eigenvalue weighted by atomic mass is 32.1. The molecular weight excluding hydrogens is 256 g/mol. The van der Waals surface area contributed by atoms with Gasteiger partial charge in [0.1, 0.15) is 10.6 Å². The van der Waals surface area contributed by atoms with Gasteiger partial charge in [-0.25, -0.2) is 4.79 Å². The molecule has 1 rings (SSSR count). The van der Waals surface area contributed by atoms with Crippen molar-refractivity contribution in [2.45, 2.75) is 13.8 Å². The molecule has 0 aliphatic carbocycles. The van der Waals surface area contributed by atoms with Crippen LogP contribution >= 0.6 is 11.5 Å². The third kappa shape index (κ3) is 3.59. The maximum Gasteiger partial charge on any atom is 0.344 e. The zero-order valence-corrected chi connectivity index (χ0v) is 11.1. The van der Waals surface area contributed by atoms with E-state index in [1.54, 1.807) is 6.92 Å².